The minimum atomic E-state index is -3.93. The third kappa shape index (κ3) is 7.19. The Hall–Kier alpha value is -2.62. The van der Waals surface area contributed by atoms with Gasteiger partial charge in [-0.2, -0.15) is 4.31 Å². The van der Waals surface area contributed by atoms with Crippen LogP contribution < -0.4 is 10.1 Å². The summed E-state index contributed by atoms with van der Waals surface area (Å²) in [5.41, 5.74) is 0.785. The predicted octanol–water partition coefficient (Wildman–Crippen LogP) is 3.30. The molecule has 186 valence electrons. The van der Waals surface area contributed by atoms with E-state index in [1.54, 1.807) is 31.4 Å². The van der Waals surface area contributed by atoms with Crippen LogP contribution in [-0.2, 0) is 26.2 Å². The first-order valence-electron chi connectivity index (χ1n) is 10.9. The van der Waals surface area contributed by atoms with Gasteiger partial charge in [0, 0.05) is 24.7 Å². The quantitative estimate of drug-likeness (QED) is 0.501. The summed E-state index contributed by atoms with van der Waals surface area (Å²) in [4.78, 5) is 27.7. The normalized spacial score (nSPS) is 12.5. The van der Waals surface area contributed by atoms with Gasteiger partial charge in [-0.1, -0.05) is 30.7 Å². The zero-order chi connectivity index (χ0) is 25.5. The minimum Gasteiger partial charge on any atom is -0.497 e. The second-order valence-corrected chi connectivity index (χ2v) is 10.7. The Morgan fingerprint density at radius 1 is 1.06 bits per heavy atom. The summed E-state index contributed by atoms with van der Waals surface area (Å²) < 4.78 is 32.1. The second kappa shape index (κ2) is 12.2. The van der Waals surface area contributed by atoms with Gasteiger partial charge in [0.2, 0.25) is 21.8 Å². The lowest BCUT2D eigenvalue weighted by Crippen LogP contribution is -2.52. The second-order valence-electron chi connectivity index (χ2n) is 8.17. The summed E-state index contributed by atoms with van der Waals surface area (Å²) in [6.07, 6.45) is 0.369. The van der Waals surface area contributed by atoms with Gasteiger partial charge in [0.25, 0.3) is 0 Å². The maximum Gasteiger partial charge on any atom is 0.243 e. The molecule has 0 saturated heterocycles. The number of likely N-dealkylation sites (N-methyl/N-ethyl adjacent to an activating group) is 1. The van der Waals surface area contributed by atoms with Gasteiger partial charge in [-0.3, -0.25) is 9.59 Å². The maximum atomic E-state index is 13.4. The lowest BCUT2D eigenvalue weighted by Gasteiger charge is -2.32. The lowest BCUT2D eigenvalue weighted by molar-refractivity contribution is -0.141. The summed E-state index contributed by atoms with van der Waals surface area (Å²) in [5.74, 6) is -0.107. The van der Waals surface area contributed by atoms with E-state index in [9.17, 15) is 18.0 Å². The molecule has 0 aromatic heterocycles. The average molecular weight is 510 g/mol. The number of ether oxygens (including phenoxy) is 1. The van der Waals surface area contributed by atoms with Gasteiger partial charge in [-0.15, -0.1) is 0 Å². The summed E-state index contributed by atoms with van der Waals surface area (Å²) >= 11 is 5.86. The van der Waals surface area contributed by atoms with Crippen molar-refractivity contribution in [1.29, 1.82) is 0 Å². The molecule has 1 N–H and O–H groups in total. The molecule has 2 aromatic carbocycles. The highest BCUT2D eigenvalue weighted by molar-refractivity contribution is 7.89. The number of rotatable bonds is 11. The number of carbonyl (C=O) groups is 2. The number of halogens is 1. The fourth-order valence-corrected chi connectivity index (χ4v) is 4.63. The van der Waals surface area contributed by atoms with Crippen LogP contribution in [0.2, 0.25) is 5.02 Å². The summed E-state index contributed by atoms with van der Waals surface area (Å²) in [7, 11) is -1.03. The molecule has 0 fully saturated rings. The van der Waals surface area contributed by atoms with Gasteiger partial charge >= 0.3 is 0 Å². The molecule has 0 spiro atoms. The Kier molecular flexibility index (Phi) is 9.90. The van der Waals surface area contributed by atoms with Gasteiger partial charge in [0.1, 0.15) is 11.8 Å². The number of carbonyl (C=O) groups excluding carboxylic acids is 2. The Morgan fingerprint density at radius 2 is 1.65 bits per heavy atom. The molecule has 2 amide bonds. The number of hydrogen-bond acceptors (Lipinski definition) is 5. The first-order chi connectivity index (χ1) is 16.0. The van der Waals surface area contributed by atoms with E-state index in [1.807, 2.05) is 20.8 Å². The molecule has 0 aliphatic rings. The SMILES string of the molecule is CC[C@H](C(=O)NC(C)C)N(Cc1ccc(OC)cc1)C(=O)CN(C)S(=O)(=O)c1ccc(Cl)cc1. The van der Waals surface area contributed by atoms with Gasteiger partial charge in [-0.05, 0) is 62.2 Å². The van der Waals surface area contributed by atoms with Crippen molar-refractivity contribution in [3.05, 3.63) is 59.1 Å². The van der Waals surface area contributed by atoms with Crippen LogP contribution in [0.25, 0.3) is 0 Å². The standard InChI is InChI=1S/C24H32ClN3O5S/c1-6-22(24(30)26-17(2)3)28(15-18-7-11-20(33-5)12-8-18)23(29)16-27(4)34(31,32)21-13-9-19(25)10-14-21/h7-14,17,22H,6,15-16H2,1-5H3,(H,26,30)/t22-/m1/s1. The topological polar surface area (TPSA) is 96.0 Å². The number of hydrogen-bond donors (Lipinski definition) is 1. The number of nitrogens with one attached hydrogen (secondary N) is 1. The molecule has 0 heterocycles. The number of sulfonamides is 1. The Balaban J connectivity index is 2.32. The van der Waals surface area contributed by atoms with Gasteiger partial charge in [-0.25, -0.2) is 8.42 Å². The van der Waals surface area contributed by atoms with E-state index in [0.717, 1.165) is 9.87 Å². The van der Waals surface area contributed by atoms with E-state index in [4.69, 9.17) is 16.3 Å². The van der Waals surface area contributed by atoms with Crippen LogP contribution in [0.15, 0.2) is 53.4 Å². The third-order valence-electron chi connectivity index (χ3n) is 5.21. The molecular formula is C24H32ClN3O5S. The van der Waals surface area contributed by atoms with E-state index in [0.29, 0.717) is 17.2 Å². The number of nitrogens with zero attached hydrogens (tertiary/aromatic N) is 2. The highest BCUT2D eigenvalue weighted by Gasteiger charge is 2.32. The molecular weight excluding hydrogens is 478 g/mol. The molecule has 2 aromatic rings. The number of benzene rings is 2. The first kappa shape index (κ1) is 27.6. The van der Waals surface area contributed by atoms with Crippen LogP contribution in [0.3, 0.4) is 0 Å². The van der Waals surface area contributed by atoms with E-state index in [2.05, 4.69) is 5.32 Å². The van der Waals surface area contributed by atoms with E-state index >= 15 is 0 Å². The molecule has 0 radical (unpaired) electrons. The van der Waals surface area contributed by atoms with E-state index in [1.165, 1.54) is 36.2 Å². The smallest absolute Gasteiger partial charge is 0.243 e. The van der Waals surface area contributed by atoms with Crippen LogP contribution in [0, 0.1) is 0 Å². The number of methoxy groups -OCH3 is 1. The molecule has 0 aliphatic carbocycles. The van der Waals surface area contributed by atoms with Crippen molar-refractivity contribution in [2.75, 3.05) is 20.7 Å². The summed E-state index contributed by atoms with van der Waals surface area (Å²) in [5, 5.41) is 3.26. The predicted molar refractivity (Wildman–Crippen MR) is 132 cm³/mol. The molecule has 0 unspecified atom stereocenters. The van der Waals surface area contributed by atoms with E-state index < -0.39 is 28.5 Å². The fourth-order valence-electron chi connectivity index (χ4n) is 3.38. The van der Waals surface area contributed by atoms with Gasteiger partial charge in [0.05, 0.1) is 18.6 Å². The summed E-state index contributed by atoms with van der Waals surface area (Å²) in [6.45, 7) is 5.21. The fraction of sp³-hybridized carbons (Fsp3) is 0.417. The molecule has 8 nitrogen and oxygen atoms in total. The van der Waals surface area contributed by atoms with Crippen LogP contribution >= 0.6 is 11.6 Å². The van der Waals surface area contributed by atoms with Crippen molar-refractivity contribution < 1.29 is 22.7 Å². The third-order valence-corrected chi connectivity index (χ3v) is 7.28. The minimum absolute atomic E-state index is 0.0264. The van der Waals surface area contributed by atoms with Crippen molar-refractivity contribution in [3.63, 3.8) is 0 Å². The van der Waals surface area contributed by atoms with Gasteiger partial charge < -0.3 is 15.0 Å². The Morgan fingerprint density at radius 3 is 2.15 bits per heavy atom. The van der Waals surface area contributed by atoms with Crippen LogP contribution in [-0.4, -0.2) is 62.2 Å². The molecule has 0 saturated carbocycles. The average Bonchev–Trinajstić information content (AvgIpc) is 2.79. The highest BCUT2D eigenvalue weighted by atomic mass is 35.5. The van der Waals surface area contributed by atoms with Crippen molar-refractivity contribution in [2.45, 2.75) is 50.7 Å². The largest absolute Gasteiger partial charge is 0.497 e. The zero-order valence-corrected chi connectivity index (χ0v) is 21.7. The van der Waals surface area contributed by atoms with Crippen molar-refractivity contribution >= 4 is 33.4 Å². The molecule has 34 heavy (non-hydrogen) atoms. The molecule has 1 atom stereocenters. The Labute approximate surface area is 206 Å². The van der Waals surface area contributed by atoms with Crippen molar-refractivity contribution in [1.82, 2.24) is 14.5 Å². The van der Waals surface area contributed by atoms with Crippen LogP contribution in [0.1, 0.15) is 32.8 Å². The monoisotopic (exact) mass is 509 g/mol. The molecule has 0 bridgehead atoms. The number of amides is 2. The maximum absolute atomic E-state index is 13.4. The van der Waals surface area contributed by atoms with Crippen molar-refractivity contribution in [2.24, 2.45) is 0 Å². The van der Waals surface area contributed by atoms with Crippen molar-refractivity contribution in [3.8, 4) is 5.75 Å². The van der Waals surface area contributed by atoms with Gasteiger partial charge in [0.15, 0.2) is 0 Å². The first-order valence-corrected chi connectivity index (χ1v) is 12.8. The van der Waals surface area contributed by atoms with Crippen LogP contribution in [0.5, 0.6) is 5.75 Å². The molecule has 10 heteroatoms. The molecule has 2 rings (SSSR count). The highest BCUT2D eigenvalue weighted by Crippen LogP contribution is 2.20. The van der Waals surface area contributed by atoms with E-state index in [-0.39, 0.29) is 23.4 Å². The summed E-state index contributed by atoms with van der Waals surface area (Å²) in [6, 6.07) is 12.0. The lowest BCUT2D eigenvalue weighted by atomic mass is 10.1. The Bertz CT molecular complexity index is 1070. The van der Waals surface area contributed by atoms with Crippen LogP contribution in [0.4, 0.5) is 0 Å². The zero-order valence-electron chi connectivity index (χ0n) is 20.1. The molecule has 0 aliphatic heterocycles.